The number of nitrogens with one attached hydrogen (secondary N) is 3. The maximum absolute atomic E-state index is 12.8. The molecule has 0 spiro atoms. The van der Waals surface area contributed by atoms with Gasteiger partial charge in [0.25, 0.3) is 5.91 Å². The number of alkyl carbamates (subject to hydrolysis) is 1. The SMILES string of the molecule is O=C(NC(C(=O)NC1CCCNC(=O)C1=O)c1ccns1)OCc1ccccc1. The number of ether oxygens (including phenoxy) is 1. The van der Waals surface area contributed by atoms with Gasteiger partial charge in [0, 0.05) is 12.7 Å². The van der Waals surface area contributed by atoms with Crippen molar-refractivity contribution in [1.82, 2.24) is 20.3 Å². The fraction of sp³-hybridized carbons (Fsp3) is 0.316. The molecule has 1 aliphatic rings. The Bertz CT molecular complexity index is 872. The number of Topliss-reactive ketones (excluding diaryl/α,β-unsaturated/α-hetero) is 1. The first-order valence-corrected chi connectivity index (χ1v) is 9.82. The maximum Gasteiger partial charge on any atom is 0.408 e. The van der Waals surface area contributed by atoms with Crippen LogP contribution in [0.3, 0.4) is 0 Å². The monoisotopic (exact) mass is 416 g/mol. The molecule has 0 aliphatic carbocycles. The number of hydrogen-bond donors (Lipinski definition) is 3. The van der Waals surface area contributed by atoms with E-state index in [-0.39, 0.29) is 6.61 Å². The van der Waals surface area contributed by atoms with Crippen molar-refractivity contribution >= 4 is 35.2 Å². The second-order valence-electron chi connectivity index (χ2n) is 6.38. The Balaban J connectivity index is 1.65. The number of amides is 3. The number of rotatable bonds is 6. The third kappa shape index (κ3) is 5.61. The van der Waals surface area contributed by atoms with Crippen molar-refractivity contribution in [2.45, 2.75) is 31.5 Å². The number of aromatic nitrogens is 1. The molecule has 152 valence electrons. The molecule has 3 N–H and O–H groups in total. The van der Waals surface area contributed by atoms with Crippen molar-refractivity contribution in [2.24, 2.45) is 0 Å². The van der Waals surface area contributed by atoms with Gasteiger partial charge in [-0.05, 0) is 36.0 Å². The zero-order chi connectivity index (χ0) is 20.6. The van der Waals surface area contributed by atoms with Gasteiger partial charge in [0.15, 0.2) is 0 Å². The molecule has 10 heteroatoms. The number of carbonyl (C=O) groups is 4. The molecule has 2 aromatic rings. The molecule has 0 radical (unpaired) electrons. The van der Waals surface area contributed by atoms with Gasteiger partial charge in [-0.1, -0.05) is 30.3 Å². The molecule has 1 saturated heterocycles. The van der Waals surface area contributed by atoms with E-state index in [9.17, 15) is 19.2 Å². The quantitative estimate of drug-likeness (QED) is 0.605. The van der Waals surface area contributed by atoms with Crippen molar-refractivity contribution < 1.29 is 23.9 Å². The van der Waals surface area contributed by atoms with E-state index >= 15 is 0 Å². The fourth-order valence-electron chi connectivity index (χ4n) is 2.80. The van der Waals surface area contributed by atoms with Crippen LogP contribution in [0.5, 0.6) is 0 Å². The van der Waals surface area contributed by atoms with Gasteiger partial charge in [-0.3, -0.25) is 14.4 Å². The van der Waals surface area contributed by atoms with Crippen LogP contribution in [-0.2, 0) is 25.7 Å². The van der Waals surface area contributed by atoms with Gasteiger partial charge in [-0.15, -0.1) is 0 Å². The van der Waals surface area contributed by atoms with E-state index in [4.69, 9.17) is 4.74 Å². The molecule has 1 aliphatic heterocycles. The van der Waals surface area contributed by atoms with Gasteiger partial charge in [-0.2, -0.15) is 0 Å². The Labute approximate surface area is 171 Å². The highest BCUT2D eigenvalue weighted by Crippen LogP contribution is 2.18. The van der Waals surface area contributed by atoms with Gasteiger partial charge in [0.2, 0.25) is 11.7 Å². The Hall–Kier alpha value is -3.27. The van der Waals surface area contributed by atoms with Crippen LogP contribution in [0.2, 0.25) is 0 Å². The predicted molar refractivity (Wildman–Crippen MR) is 104 cm³/mol. The van der Waals surface area contributed by atoms with E-state index in [1.807, 2.05) is 30.3 Å². The summed E-state index contributed by atoms with van der Waals surface area (Å²) in [6.45, 7) is 0.421. The maximum atomic E-state index is 12.8. The van der Waals surface area contributed by atoms with E-state index < -0.39 is 35.8 Å². The van der Waals surface area contributed by atoms with Crippen LogP contribution < -0.4 is 16.0 Å². The van der Waals surface area contributed by atoms with Crippen LogP contribution >= 0.6 is 11.5 Å². The summed E-state index contributed by atoms with van der Waals surface area (Å²) in [5.74, 6) is -2.04. The van der Waals surface area contributed by atoms with Gasteiger partial charge in [-0.25, -0.2) is 9.17 Å². The second-order valence-corrected chi connectivity index (χ2v) is 7.24. The topological polar surface area (TPSA) is 126 Å². The molecule has 0 bridgehead atoms. The van der Waals surface area contributed by atoms with E-state index in [2.05, 4.69) is 20.3 Å². The molecule has 3 rings (SSSR count). The number of benzene rings is 1. The number of nitrogens with zero attached hydrogens (tertiary/aromatic N) is 1. The summed E-state index contributed by atoms with van der Waals surface area (Å²) in [7, 11) is 0. The summed E-state index contributed by atoms with van der Waals surface area (Å²) < 4.78 is 9.13. The van der Waals surface area contributed by atoms with Crippen molar-refractivity contribution in [3.8, 4) is 0 Å². The molecular weight excluding hydrogens is 396 g/mol. The number of hydrogen-bond acceptors (Lipinski definition) is 7. The van der Waals surface area contributed by atoms with Crippen LogP contribution in [0.4, 0.5) is 4.79 Å². The molecule has 1 fully saturated rings. The third-order valence-electron chi connectivity index (χ3n) is 4.29. The van der Waals surface area contributed by atoms with Crippen molar-refractivity contribution in [3.05, 3.63) is 53.0 Å². The van der Waals surface area contributed by atoms with Crippen LogP contribution in [0.1, 0.15) is 29.3 Å². The van der Waals surface area contributed by atoms with Gasteiger partial charge < -0.3 is 20.7 Å². The molecule has 9 nitrogen and oxygen atoms in total. The van der Waals surface area contributed by atoms with Crippen LogP contribution in [0.15, 0.2) is 42.6 Å². The summed E-state index contributed by atoms with van der Waals surface area (Å²) in [5, 5.41) is 7.55. The van der Waals surface area contributed by atoms with E-state index in [0.717, 1.165) is 17.1 Å². The first kappa shape index (κ1) is 20.5. The highest BCUT2D eigenvalue weighted by atomic mass is 32.1. The average molecular weight is 416 g/mol. The summed E-state index contributed by atoms with van der Waals surface area (Å²) in [6, 6.07) is 8.67. The zero-order valence-electron chi connectivity index (χ0n) is 15.4. The Kier molecular flexibility index (Phi) is 6.90. The van der Waals surface area contributed by atoms with Gasteiger partial charge >= 0.3 is 6.09 Å². The third-order valence-corrected chi connectivity index (χ3v) is 5.10. The lowest BCUT2D eigenvalue weighted by Crippen LogP contribution is -2.49. The Morgan fingerprint density at radius 2 is 2.03 bits per heavy atom. The summed E-state index contributed by atoms with van der Waals surface area (Å²) >= 11 is 1.04. The molecule has 1 aromatic heterocycles. The van der Waals surface area contributed by atoms with E-state index in [0.29, 0.717) is 24.3 Å². The molecule has 0 saturated carbocycles. The summed E-state index contributed by atoms with van der Waals surface area (Å²) in [6.07, 6.45) is 1.60. The molecule has 1 aromatic carbocycles. The molecule has 3 amide bonds. The smallest absolute Gasteiger partial charge is 0.408 e. The standard InChI is InChI=1S/C19H20N4O5S/c24-16-13(7-4-9-20-18(16)26)22-17(25)15(14-8-10-21-29-14)23-19(27)28-11-12-5-2-1-3-6-12/h1-3,5-6,8,10,13,15H,4,7,9,11H2,(H,20,26)(H,22,25)(H,23,27). The highest BCUT2D eigenvalue weighted by Gasteiger charge is 2.32. The lowest BCUT2D eigenvalue weighted by atomic mass is 10.1. The van der Waals surface area contributed by atoms with Crippen molar-refractivity contribution in [3.63, 3.8) is 0 Å². The predicted octanol–water partition coefficient (Wildman–Crippen LogP) is 1.07. The second kappa shape index (κ2) is 9.78. The minimum absolute atomic E-state index is 0.0466. The minimum atomic E-state index is -1.09. The molecule has 29 heavy (non-hydrogen) atoms. The largest absolute Gasteiger partial charge is 0.445 e. The van der Waals surface area contributed by atoms with Gasteiger partial charge in [0.1, 0.15) is 12.6 Å². The van der Waals surface area contributed by atoms with Crippen LogP contribution in [0, 0.1) is 0 Å². The first-order valence-electron chi connectivity index (χ1n) is 9.05. The van der Waals surface area contributed by atoms with Crippen LogP contribution in [-0.4, -0.2) is 40.7 Å². The normalized spacial score (nSPS) is 17.6. The van der Waals surface area contributed by atoms with Gasteiger partial charge in [0.05, 0.1) is 10.9 Å². The summed E-state index contributed by atoms with van der Waals surface area (Å²) in [5.41, 5.74) is 0.802. The van der Waals surface area contributed by atoms with Crippen LogP contribution in [0.25, 0.3) is 0 Å². The molecular formula is C19H20N4O5S. The Morgan fingerprint density at radius 1 is 1.24 bits per heavy atom. The zero-order valence-corrected chi connectivity index (χ0v) is 16.2. The lowest BCUT2D eigenvalue weighted by Gasteiger charge is -2.20. The Morgan fingerprint density at radius 3 is 2.76 bits per heavy atom. The molecule has 2 unspecified atom stereocenters. The minimum Gasteiger partial charge on any atom is -0.445 e. The van der Waals surface area contributed by atoms with E-state index in [1.54, 1.807) is 6.07 Å². The summed E-state index contributed by atoms with van der Waals surface area (Å²) in [4.78, 5) is 49.3. The lowest BCUT2D eigenvalue weighted by molar-refractivity contribution is -0.139. The molecule has 2 heterocycles. The first-order chi connectivity index (χ1) is 14.0. The average Bonchev–Trinajstić information content (AvgIpc) is 3.22. The van der Waals surface area contributed by atoms with Crippen molar-refractivity contribution in [1.29, 1.82) is 0 Å². The number of carbonyl (C=O) groups excluding carboxylic acids is 4. The highest BCUT2D eigenvalue weighted by molar-refractivity contribution is 7.05. The number of ketones is 1. The molecule has 2 atom stereocenters. The van der Waals surface area contributed by atoms with E-state index in [1.165, 1.54) is 6.20 Å². The van der Waals surface area contributed by atoms with Crippen molar-refractivity contribution in [2.75, 3.05) is 6.54 Å². The fourth-order valence-corrected chi connectivity index (χ4v) is 3.44.